The number of carbonyl (C=O) groups excluding carboxylic acids is 7. The number of cyclic esters (lactones) is 1. The van der Waals surface area contributed by atoms with Gasteiger partial charge in [0.05, 0.1) is 59.0 Å². The van der Waals surface area contributed by atoms with E-state index in [-0.39, 0.29) is 77.7 Å². The lowest BCUT2D eigenvalue weighted by Gasteiger charge is -2.42. The number of aliphatic hydroxyl groups is 1. The number of nitrogens with one attached hydrogen (secondary N) is 3. The van der Waals surface area contributed by atoms with Crippen molar-refractivity contribution in [3.63, 3.8) is 0 Å². The number of unbranched alkanes of at least 4 members (excludes halogenated alkanes) is 2. The van der Waals surface area contributed by atoms with Crippen LogP contribution in [0.25, 0.3) is 6.08 Å². The molecule has 2 aromatic rings. The molecule has 2 aromatic carbocycles. The summed E-state index contributed by atoms with van der Waals surface area (Å²) in [5.41, 5.74) is 3.65. The lowest BCUT2D eigenvalue weighted by Crippen LogP contribution is -3.00. The molecule has 4 N–H and O–H groups in total. The molecule has 4 aliphatic rings. The van der Waals surface area contributed by atoms with Gasteiger partial charge in [0.2, 0.25) is 17.7 Å². The third-order valence-electron chi connectivity index (χ3n) is 14.7. The van der Waals surface area contributed by atoms with Crippen LogP contribution in [0, 0.1) is 23.6 Å². The van der Waals surface area contributed by atoms with Crippen LogP contribution < -0.4 is 37.8 Å². The highest BCUT2D eigenvalue weighted by molar-refractivity contribution is 6.12. The van der Waals surface area contributed by atoms with E-state index < -0.39 is 54.3 Å². The predicted molar refractivity (Wildman–Crippen MR) is 286 cm³/mol. The lowest BCUT2D eigenvalue weighted by atomic mass is 9.91. The Morgan fingerprint density at radius 2 is 1.56 bits per heavy atom. The highest BCUT2D eigenvalue weighted by atomic mass is 79.9. The molecule has 0 aromatic heterocycles. The van der Waals surface area contributed by atoms with Crippen molar-refractivity contribution in [1.29, 1.82) is 0 Å². The maximum atomic E-state index is 14.9. The Labute approximate surface area is 463 Å². The van der Waals surface area contributed by atoms with E-state index in [1.54, 1.807) is 25.7 Å². The highest BCUT2D eigenvalue weighted by Crippen LogP contribution is 2.28. The minimum Gasteiger partial charge on any atom is -1.00 e. The largest absolute Gasteiger partial charge is 1.00 e. The molecule has 4 heterocycles. The Kier molecular flexibility index (Phi) is 23.4. The molecule has 0 spiro atoms. The summed E-state index contributed by atoms with van der Waals surface area (Å²) in [6.07, 6.45) is 7.83. The van der Waals surface area contributed by atoms with Crippen LogP contribution in [-0.2, 0) is 49.5 Å². The van der Waals surface area contributed by atoms with Gasteiger partial charge in [-0.15, -0.1) is 0 Å². The lowest BCUT2D eigenvalue weighted by molar-refractivity contribution is -0.926. The van der Waals surface area contributed by atoms with E-state index in [2.05, 4.69) is 27.9 Å². The van der Waals surface area contributed by atoms with Crippen molar-refractivity contribution in [2.75, 3.05) is 76.3 Å². The second-order valence-electron chi connectivity index (χ2n) is 21.5. The van der Waals surface area contributed by atoms with E-state index in [0.717, 1.165) is 11.3 Å². The zero-order valence-electron chi connectivity index (χ0n) is 45.6. The third-order valence-corrected chi connectivity index (χ3v) is 14.7. The third kappa shape index (κ3) is 18.6. The van der Waals surface area contributed by atoms with E-state index in [4.69, 9.17) is 14.2 Å². The monoisotopic (exact) mass is 1140 g/mol. The van der Waals surface area contributed by atoms with Gasteiger partial charge in [0.15, 0.2) is 0 Å². The SMILES string of the molecule is C/C(=C\c1cc(F)cc(N2CCOCC2)c1)[C@H]1OC(=O)C[C@H](O)CC[C@H](C)[C@@H](OC(=O)N2CC[N+](C)(Cc3ccc(NC(=O)[C@@H](C)NC(=O)[C@H](NC(=O)CCCCCN4C(=O)C=CC4=O)C(C)C)cc3)CC2)/C=C\[C@@H]1C.[Br-]. The predicted octanol–water partition coefficient (Wildman–Crippen LogP) is 2.89. The van der Waals surface area contributed by atoms with Crippen LogP contribution in [0.5, 0.6) is 0 Å². The maximum absolute atomic E-state index is 14.9. The zero-order valence-corrected chi connectivity index (χ0v) is 47.2. The zero-order chi connectivity index (χ0) is 55.1. The van der Waals surface area contributed by atoms with Gasteiger partial charge in [0.25, 0.3) is 11.8 Å². The number of hydrogen-bond acceptors (Lipinski definition) is 12. The molecule has 7 atom stereocenters. The maximum Gasteiger partial charge on any atom is 0.410 e. The van der Waals surface area contributed by atoms with Gasteiger partial charge in [-0.1, -0.05) is 58.4 Å². The van der Waals surface area contributed by atoms with E-state index in [9.17, 15) is 43.1 Å². The Balaban J connectivity index is 0.0000109. The number of halogens is 2. The normalized spacial score (nSPS) is 23.4. The summed E-state index contributed by atoms with van der Waals surface area (Å²) >= 11 is 0. The number of rotatable bonds is 18. The van der Waals surface area contributed by atoms with Crippen molar-refractivity contribution in [2.24, 2.45) is 17.8 Å². The topological polar surface area (TPSA) is 213 Å². The summed E-state index contributed by atoms with van der Waals surface area (Å²) in [6.45, 7) is 16.6. The van der Waals surface area contributed by atoms with Gasteiger partial charge in [-0.25, -0.2) is 9.18 Å². The van der Waals surface area contributed by atoms with Gasteiger partial charge < -0.3 is 61.6 Å². The minimum absolute atomic E-state index is 0. The molecular formula is C57H79BrFN7O11. The molecule has 0 aliphatic carbocycles. The number of imide groups is 1. The molecule has 2 saturated heterocycles. The summed E-state index contributed by atoms with van der Waals surface area (Å²) in [4.78, 5) is 94.6. The van der Waals surface area contributed by atoms with Crippen LogP contribution in [0.3, 0.4) is 0 Å². The number of ether oxygens (including phenoxy) is 3. The van der Waals surface area contributed by atoms with Crippen molar-refractivity contribution in [3.05, 3.63) is 89.3 Å². The number of likely N-dealkylation sites (N-methyl/N-ethyl adjacent to an activating group) is 1. The van der Waals surface area contributed by atoms with Crippen molar-refractivity contribution in [2.45, 2.75) is 123 Å². The smallest absolute Gasteiger partial charge is 0.410 e. The molecule has 422 valence electrons. The molecule has 0 unspecified atom stereocenters. The molecule has 0 radical (unpaired) electrons. The molecule has 77 heavy (non-hydrogen) atoms. The molecule has 0 bridgehead atoms. The first-order valence-corrected chi connectivity index (χ1v) is 26.9. The number of hydrogen-bond donors (Lipinski definition) is 4. The molecule has 6 amide bonds. The van der Waals surface area contributed by atoms with Gasteiger partial charge in [-0.05, 0) is 98.9 Å². The molecule has 0 saturated carbocycles. The van der Waals surface area contributed by atoms with E-state index in [1.807, 2.05) is 69.3 Å². The number of nitrogens with zero attached hydrogens (tertiary/aromatic N) is 4. The molecule has 6 rings (SSSR count). The quantitative estimate of drug-likeness (QED) is 0.0558. The van der Waals surface area contributed by atoms with Gasteiger partial charge in [-0.3, -0.25) is 38.6 Å². The first kappa shape index (κ1) is 61.9. The van der Waals surface area contributed by atoms with E-state index in [0.29, 0.717) is 112 Å². The van der Waals surface area contributed by atoms with Crippen LogP contribution in [0.1, 0.15) is 97.6 Å². The first-order valence-electron chi connectivity index (χ1n) is 26.9. The summed E-state index contributed by atoms with van der Waals surface area (Å²) in [6, 6.07) is 10.6. The van der Waals surface area contributed by atoms with Crippen LogP contribution in [-0.4, -0.2) is 157 Å². The molecule has 20 heteroatoms. The average Bonchev–Trinajstić information content (AvgIpc) is 3.70. The summed E-state index contributed by atoms with van der Waals surface area (Å²) in [7, 11) is 2.14. The summed E-state index contributed by atoms with van der Waals surface area (Å²) in [5, 5.41) is 19.2. The number of quaternary nitrogens is 1. The van der Waals surface area contributed by atoms with Crippen molar-refractivity contribution >= 4 is 59.0 Å². The highest BCUT2D eigenvalue weighted by Gasteiger charge is 2.35. The molecular weight excluding hydrogens is 1060 g/mol. The number of esters is 1. The number of amides is 6. The fourth-order valence-corrected chi connectivity index (χ4v) is 9.88. The van der Waals surface area contributed by atoms with Gasteiger partial charge in [0, 0.05) is 61.1 Å². The Hall–Kier alpha value is -5.96. The first-order chi connectivity index (χ1) is 36.2. The van der Waals surface area contributed by atoms with E-state index in [1.165, 1.54) is 29.2 Å². The number of carbonyl (C=O) groups is 7. The number of benzene rings is 2. The Morgan fingerprint density at radius 3 is 2.22 bits per heavy atom. The fraction of sp³-hybridized carbons (Fsp3) is 0.561. The Bertz CT molecular complexity index is 2460. The number of morpholine rings is 1. The van der Waals surface area contributed by atoms with Crippen molar-refractivity contribution in [1.82, 2.24) is 20.4 Å². The van der Waals surface area contributed by atoms with Crippen molar-refractivity contribution < 1.29 is 78.7 Å². The standard InChI is InChI=1S/C57H78FN7O11.BrH/c1-37(2)53(61-49(67)11-9-8-10-22-64-50(68)20-21-51(64)69)56(72)59-41(6)55(71)60-45-16-14-42(15-17-45)36-65(7)27-23-63(24-28-65)57(73)75-48-19-13-39(4)54(76-52(70)35-47(66)18-12-38(48)3)40(5)31-43-32-44(58)34-46(33-43)62-25-29-74-30-26-62;/h13-17,19-21,31-34,37-39,41,47-48,53-54,66H,8-12,18,22-30,35-36H2,1-7H3,(H2-,59,60,61,67,71,72);1H/b19-13-,40-31+;/t38-,39-,41+,47+,48-,53+,54-;/m0./s1. The summed E-state index contributed by atoms with van der Waals surface area (Å²) in [5.74, 6) is -3.56. The average molecular weight is 1140 g/mol. The number of piperazine rings is 1. The van der Waals surface area contributed by atoms with Gasteiger partial charge >= 0.3 is 12.1 Å². The minimum atomic E-state index is -0.944. The Morgan fingerprint density at radius 1 is 0.883 bits per heavy atom. The van der Waals surface area contributed by atoms with Crippen LogP contribution in [0.15, 0.2) is 72.3 Å². The van der Waals surface area contributed by atoms with Crippen LogP contribution in [0.4, 0.5) is 20.6 Å². The molecule has 4 aliphatic heterocycles. The molecule has 18 nitrogen and oxygen atoms in total. The van der Waals surface area contributed by atoms with Crippen LogP contribution >= 0.6 is 0 Å². The number of anilines is 2. The van der Waals surface area contributed by atoms with Gasteiger partial charge in [0.1, 0.15) is 36.7 Å². The second kappa shape index (κ2) is 29.1. The fourth-order valence-electron chi connectivity index (χ4n) is 9.88. The summed E-state index contributed by atoms with van der Waals surface area (Å²) < 4.78 is 33.3. The second-order valence-corrected chi connectivity index (χ2v) is 21.5. The van der Waals surface area contributed by atoms with Crippen molar-refractivity contribution in [3.8, 4) is 0 Å². The van der Waals surface area contributed by atoms with E-state index >= 15 is 0 Å². The molecule has 2 fully saturated rings. The number of aliphatic hydroxyl groups excluding tert-OH is 1. The van der Waals surface area contributed by atoms with Crippen LogP contribution in [0.2, 0.25) is 0 Å². The van der Waals surface area contributed by atoms with Gasteiger partial charge in [-0.2, -0.15) is 0 Å².